The summed E-state index contributed by atoms with van der Waals surface area (Å²) < 4.78 is 5.29. The average Bonchev–Trinajstić information content (AvgIpc) is 2.54. The molecule has 128 valence electrons. The Morgan fingerprint density at radius 1 is 1.35 bits per heavy atom. The fraction of sp³-hybridized carbons (Fsp3) is 0.500. The molecule has 1 heterocycles. The average molecular weight is 342 g/mol. The highest BCUT2D eigenvalue weighted by Crippen LogP contribution is 2.10. The smallest absolute Gasteiger partial charge is 0.243 e. The maximum Gasteiger partial charge on any atom is 0.243 e. The Morgan fingerprint density at radius 2 is 2.17 bits per heavy atom. The second-order valence-electron chi connectivity index (χ2n) is 5.31. The second kappa shape index (κ2) is 10.2. The van der Waals surface area contributed by atoms with Gasteiger partial charge in [-0.05, 0) is 24.1 Å². The number of rotatable bonds is 6. The van der Waals surface area contributed by atoms with E-state index in [1.807, 2.05) is 24.3 Å². The van der Waals surface area contributed by atoms with Gasteiger partial charge in [0, 0.05) is 24.7 Å². The third-order valence-electron chi connectivity index (χ3n) is 3.50. The van der Waals surface area contributed by atoms with Crippen LogP contribution < -0.4 is 16.0 Å². The van der Waals surface area contributed by atoms with Crippen LogP contribution in [0.25, 0.3) is 0 Å². The van der Waals surface area contributed by atoms with Crippen molar-refractivity contribution >= 4 is 29.9 Å². The van der Waals surface area contributed by atoms with Crippen molar-refractivity contribution in [2.75, 3.05) is 31.6 Å². The summed E-state index contributed by atoms with van der Waals surface area (Å²) in [5.41, 5.74) is 1.91. The summed E-state index contributed by atoms with van der Waals surface area (Å²) in [6, 6.07) is 7.71. The zero-order valence-electron chi connectivity index (χ0n) is 13.3. The molecule has 2 rings (SSSR count). The molecule has 3 N–H and O–H groups in total. The van der Waals surface area contributed by atoms with Crippen LogP contribution in [0.15, 0.2) is 24.3 Å². The predicted octanol–water partition coefficient (Wildman–Crippen LogP) is 1.10. The van der Waals surface area contributed by atoms with Crippen LogP contribution in [0, 0.1) is 0 Å². The number of carbonyl (C=O) groups is 2. The van der Waals surface area contributed by atoms with Crippen molar-refractivity contribution in [1.29, 1.82) is 0 Å². The van der Waals surface area contributed by atoms with Gasteiger partial charge in [0.15, 0.2) is 0 Å². The number of morpholine rings is 1. The molecule has 0 radical (unpaired) electrons. The van der Waals surface area contributed by atoms with E-state index in [1.54, 1.807) is 0 Å². The van der Waals surface area contributed by atoms with E-state index in [0.717, 1.165) is 24.2 Å². The Balaban J connectivity index is 0.00000264. The van der Waals surface area contributed by atoms with Crippen molar-refractivity contribution in [1.82, 2.24) is 10.6 Å². The first-order chi connectivity index (χ1) is 10.7. The van der Waals surface area contributed by atoms with Crippen LogP contribution in [0.5, 0.6) is 0 Å². The SMILES string of the molecule is CCc1cccc(NC(=O)CNC(=O)CC2COCCN2)c1.Cl. The topological polar surface area (TPSA) is 79.5 Å². The second-order valence-corrected chi connectivity index (χ2v) is 5.31. The van der Waals surface area contributed by atoms with E-state index in [-0.39, 0.29) is 36.8 Å². The van der Waals surface area contributed by atoms with Crippen LogP contribution in [0.1, 0.15) is 18.9 Å². The van der Waals surface area contributed by atoms with Crippen LogP contribution >= 0.6 is 12.4 Å². The van der Waals surface area contributed by atoms with E-state index in [9.17, 15) is 9.59 Å². The summed E-state index contributed by atoms with van der Waals surface area (Å²) in [4.78, 5) is 23.6. The lowest BCUT2D eigenvalue weighted by atomic mass is 10.1. The van der Waals surface area contributed by atoms with E-state index in [1.165, 1.54) is 0 Å². The number of amides is 2. The number of benzene rings is 1. The molecule has 1 aliphatic heterocycles. The van der Waals surface area contributed by atoms with Crippen molar-refractivity contribution in [3.8, 4) is 0 Å². The van der Waals surface area contributed by atoms with Gasteiger partial charge in [-0.2, -0.15) is 0 Å². The van der Waals surface area contributed by atoms with E-state index in [0.29, 0.717) is 19.6 Å². The summed E-state index contributed by atoms with van der Waals surface area (Å²) >= 11 is 0. The Labute approximate surface area is 142 Å². The molecule has 2 amide bonds. The third-order valence-corrected chi connectivity index (χ3v) is 3.50. The molecule has 0 aliphatic carbocycles. The molecule has 0 spiro atoms. The summed E-state index contributed by atoms with van der Waals surface area (Å²) in [6.45, 7) is 4.00. The van der Waals surface area contributed by atoms with Crippen LogP contribution in [0.4, 0.5) is 5.69 Å². The minimum Gasteiger partial charge on any atom is -0.378 e. The zero-order chi connectivity index (χ0) is 15.8. The van der Waals surface area contributed by atoms with Crippen molar-refractivity contribution in [2.45, 2.75) is 25.8 Å². The number of hydrogen-bond acceptors (Lipinski definition) is 4. The minimum absolute atomic E-state index is 0. The van der Waals surface area contributed by atoms with Crippen LogP contribution in [-0.2, 0) is 20.7 Å². The van der Waals surface area contributed by atoms with Gasteiger partial charge in [0.25, 0.3) is 0 Å². The number of hydrogen-bond donors (Lipinski definition) is 3. The Hall–Kier alpha value is -1.63. The molecule has 1 aromatic carbocycles. The third kappa shape index (κ3) is 6.99. The van der Waals surface area contributed by atoms with Gasteiger partial charge < -0.3 is 20.7 Å². The molecule has 6 nitrogen and oxygen atoms in total. The van der Waals surface area contributed by atoms with Crippen LogP contribution in [-0.4, -0.2) is 44.2 Å². The molecular weight excluding hydrogens is 318 g/mol. The van der Waals surface area contributed by atoms with E-state index in [4.69, 9.17) is 4.74 Å². The minimum atomic E-state index is -0.227. The Kier molecular flexibility index (Phi) is 8.61. The maximum atomic E-state index is 11.8. The number of carbonyl (C=O) groups excluding carboxylic acids is 2. The molecule has 1 aliphatic rings. The van der Waals surface area contributed by atoms with E-state index < -0.39 is 0 Å². The number of anilines is 1. The highest BCUT2D eigenvalue weighted by molar-refractivity contribution is 5.94. The van der Waals surface area contributed by atoms with E-state index in [2.05, 4.69) is 22.9 Å². The molecule has 0 aromatic heterocycles. The van der Waals surface area contributed by atoms with Gasteiger partial charge in [0.2, 0.25) is 11.8 Å². The molecule has 0 bridgehead atoms. The van der Waals surface area contributed by atoms with Gasteiger partial charge in [0.05, 0.1) is 19.8 Å². The van der Waals surface area contributed by atoms with Crippen molar-refractivity contribution < 1.29 is 14.3 Å². The summed E-state index contributed by atoms with van der Waals surface area (Å²) in [5, 5.41) is 8.62. The standard InChI is InChI=1S/C16H23N3O3.ClH/c1-2-12-4-3-5-13(8-12)19-16(21)10-18-15(20)9-14-11-22-7-6-17-14;/h3-5,8,14,17H,2,6-7,9-11H2,1H3,(H,18,20)(H,19,21);1H. The lowest BCUT2D eigenvalue weighted by Gasteiger charge is -2.23. The number of halogens is 1. The van der Waals surface area contributed by atoms with Gasteiger partial charge >= 0.3 is 0 Å². The lowest BCUT2D eigenvalue weighted by molar-refractivity contribution is -0.125. The molecule has 1 unspecified atom stereocenters. The van der Waals surface area contributed by atoms with Gasteiger partial charge in [-0.1, -0.05) is 19.1 Å². The van der Waals surface area contributed by atoms with Gasteiger partial charge in [0.1, 0.15) is 0 Å². The number of nitrogens with one attached hydrogen (secondary N) is 3. The van der Waals surface area contributed by atoms with Gasteiger partial charge in [-0.25, -0.2) is 0 Å². The van der Waals surface area contributed by atoms with Gasteiger partial charge in [-0.15, -0.1) is 12.4 Å². The highest BCUT2D eigenvalue weighted by atomic mass is 35.5. The molecule has 1 fully saturated rings. The fourth-order valence-electron chi connectivity index (χ4n) is 2.30. The monoisotopic (exact) mass is 341 g/mol. The quantitative estimate of drug-likeness (QED) is 0.724. The highest BCUT2D eigenvalue weighted by Gasteiger charge is 2.17. The maximum absolute atomic E-state index is 11.8. The Morgan fingerprint density at radius 3 is 2.87 bits per heavy atom. The molecule has 0 saturated carbocycles. The van der Waals surface area contributed by atoms with Crippen molar-refractivity contribution in [3.63, 3.8) is 0 Å². The van der Waals surface area contributed by atoms with E-state index >= 15 is 0 Å². The molecular formula is C16H24ClN3O3. The first-order valence-corrected chi connectivity index (χ1v) is 7.64. The molecule has 1 aromatic rings. The first kappa shape index (κ1) is 19.4. The molecule has 23 heavy (non-hydrogen) atoms. The molecule has 7 heteroatoms. The van der Waals surface area contributed by atoms with Crippen molar-refractivity contribution in [3.05, 3.63) is 29.8 Å². The normalized spacial score (nSPS) is 17.0. The van der Waals surface area contributed by atoms with Crippen molar-refractivity contribution in [2.24, 2.45) is 0 Å². The van der Waals surface area contributed by atoms with Crippen LogP contribution in [0.3, 0.4) is 0 Å². The van der Waals surface area contributed by atoms with Gasteiger partial charge in [-0.3, -0.25) is 9.59 Å². The summed E-state index contributed by atoms with van der Waals surface area (Å²) in [6.07, 6.45) is 1.23. The number of ether oxygens (including phenoxy) is 1. The Bertz CT molecular complexity index is 519. The molecule has 1 atom stereocenters. The first-order valence-electron chi connectivity index (χ1n) is 7.64. The predicted molar refractivity (Wildman–Crippen MR) is 91.9 cm³/mol. The molecule has 1 saturated heterocycles. The zero-order valence-corrected chi connectivity index (χ0v) is 14.1. The fourth-order valence-corrected chi connectivity index (χ4v) is 2.30. The lowest BCUT2D eigenvalue weighted by Crippen LogP contribution is -2.45. The largest absolute Gasteiger partial charge is 0.378 e. The van der Waals surface area contributed by atoms with Crippen LogP contribution in [0.2, 0.25) is 0 Å². The number of aryl methyl sites for hydroxylation is 1. The summed E-state index contributed by atoms with van der Waals surface area (Å²) in [5.74, 6) is -0.380. The summed E-state index contributed by atoms with van der Waals surface area (Å²) in [7, 11) is 0.